The van der Waals surface area contributed by atoms with Gasteiger partial charge in [0.1, 0.15) is 52.7 Å². The van der Waals surface area contributed by atoms with Crippen LogP contribution in [0.3, 0.4) is 0 Å². The van der Waals surface area contributed by atoms with Crippen molar-refractivity contribution in [3.05, 3.63) is 200 Å². The number of nitrogens with zero attached hydrogens (tertiary/aromatic N) is 4. The SMILES string of the molecule is CC(C)CC1C2=C(CCN1C(=O)[C@@H](CCC(=O)OC1CCCCC1)NC(=O)OC(C)(C)C)c1ccccc1C2.CC(C)CC1C2=C(CCN1C(=O)[C@@H](CCC(N)=O)NC(=O)OC(C)(C)C)c1ccccc1C2.CC(C)CC1C2=C(CCN1C(=O)[C@@H](CCCCN)NC(=O)OC(C)(C)C)c1ccccc1C2.CC(C)CC1C2=C(CCN1C(=O)[C@@H](CCOCc1ccccc1)NC(=O)OC(C)(C)C)c1ccccc1C2. The lowest BCUT2D eigenvalue weighted by molar-refractivity contribution is -0.151. The lowest BCUT2D eigenvalue weighted by Crippen LogP contribution is -2.55. The van der Waals surface area contributed by atoms with Gasteiger partial charge in [-0.3, -0.25) is 28.8 Å². The number of alkyl carbamates (subject to hydrolysis) is 4. The van der Waals surface area contributed by atoms with Crippen molar-refractivity contribution in [2.75, 3.05) is 39.3 Å². The van der Waals surface area contributed by atoms with Gasteiger partial charge in [-0.05, 0) is 343 Å². The summed E-state index contributed by atoms with van der Waals surface area (Å²) in [5, 5.41) is 11.2. The maximum absolute atomic E-state index is 14.1. The van der Waals surface area contributed by atoms with E-state index in [1.807, 2.05) is 91.5 Å². The molecule has 0 spiro atoms. The molecule has 4 aliphatic heterocycles. The third-order valence-electron chi connectivity index (χ3n) is 27.6. The molecular formula is C117H166N10O16. The summed E-state index contributed by atoms with van der Waals surface area (Å²) in [5.74, 6) is 0.444. The van der Waals surface area contributed by atoms with Gasteiger partial charge >= 0.3 is 30.3 Å². The number of ether oxygens (including phenoxy) is 6. The van der Waals surface area contributed by atoms with Crippen molar-refractivity contribution in [1.29, 1.82) is 0 Å². The van der Waals surface area contributed by atoms with Gasteiger partial charge in [-0.15, -0.1) is 0 Å². The van der Waals surface area contributed by atoms with Crippen LogP contribution in [0.5, 0.6) is 0 Å². The molecule has 780 valence electrons. The van der Waals surface area contributed by atoms with Gasteiger partial charge in [0.25, 0.3) is 0 Å². The molecule has 9 amide bonds. The first-order valence-electron chi connectivity index (χ1n) is 52.9. The van der Waals surface area contributed by atoms with Gasteiger partial charge < -0.3 is 80.8 Å². The fourth-order valence-electron chi connectivity index (χ4n) is 21.6. The highest BCUT2D eigenvalue weighted by molar-refractivity contribution is 5.93. The molecule has 26 nitrogen and oxygen atoms in total. The Morgan fingerprint density at radius 2 is 0.650 bits per heavy atom. The number of esters is 1. The Labute approximate surface area is 851 Å². The van der Waals surface area contributed by atoms with E-state index in [0.717, 1.165) is 121 Å². The van der Waals surface area contributed by atoms with Crippen LogP contribution in [0, 0.1) is 23.7 Å². The molecule has 1 fully saturated rings. The first-order chi connectivity index (χ1) is 67.7. The van der Waals surface area contributed by atoms with Crippen molar-refractivity contribution in [3.8, 4) is 0 Å². The predicted molar refractivity (Wildman–Crippen MR) is 563 cm³/mol. The van der Waals surface area contributed by atoms with Crippen molar-refractivity contribution in [2.24, 2.45) is 35.1 Å². The summed E-state index contributed by atoms with van der Waals surface area (Å²) in [4.78, 5) is 138. The van der Waals surface area contributed by atoms with Crippen LogP contribution < -0.4 is 32.7 Å². The molecule has 0 radical (unpaired) electrons. The summed E-state index contributed by atoms with van der Waals surface area (Å²) in [6.45, 7) is 43.0. The van der Waals surface area contributed by atoms with E-state index in [4.69, 9.17) is 39.9 Å². The second kappa shape index (κ2) is 51.1. The fraction of sp³-hybridized carbons (Fsp3) is 0.590. The number of rotatable bonds is 32. The van der Waals surface area contributed by atoms with Gasteiger partial charge in [-0.25, -0.2) is 19.2 Å². The first-order valence-corrected chi connectivity index (χ1v) is 52.9. The van der Waals surface area contributed by atoms with Crippen LogP contribution in [-0.2, 0) is 89.5 Å². The highest BCUT2D eigenvalue weighted by Crippen LogP contribution is 2.48. The average molecular weight is 1970 g/mol. The van der Waals surface area contributed by atoms with E-state index in [9.17, 15) is 47.9 Å². The predicted octanol–water partition coefficient (Wildman–Crippen LogP) is 20.8. The molecule has 5 aromatic rings. The number of nitrogens with one attached hydrogen (secondary N) is 4. The molecule has 0 bridgehead atoms. The molecule has 5 aliphatic carbocycles. The minimum atomic E-state index is -0.868. The molecule has 8 N–H and O–H groups in total. The zero-order chi connectivity index (χ0) is 104. The minimum absolute atomic E-state index is 0.00821. The number of hydrogen-bond acceptors (Lipinski definition) is 17. The zero-order valence-electron chi connectivity index (χ0n) is 89.2. The van der Waals surface area contributed by atoms with Crippen molar-refractivity contribution < 1.29 is 76.4 Å². The summed E-state index contributed by atoms with van der Waals surface area (Å²) in [6, 6.07) is 41.1. The number of hydrogen-bond donors (Lipinski definition) is 6. The maximum atomic E-state index is 14.1. The normalized spacial score (nSPS) is 18.9. The summed E-state index contributed by atoms with van der Waals surface area (Å²) in [6.07, 6.45) is 15.8. The Kier molecular flexibility index (Phi) is 40.1. The van der Waals surface area contributed by atoms with E-state index in [1.54, 1.807) is 41.5 Å². The molecule has 4 unspecified atom stereocenters. The van der Waals surface area contributed by atoms with Gasteiger partial charge in [0, 0.05) is 52.0 Å². The Hall–Kier alpha value is -11.1. The molecular weight excluding hydrogens is 1800 g/mol. The van der Waals surface area contributed by atoms with Crippen LogP contribution in [0.25, 0.3) is 22.3 Å². The monoisotopic (exact) mass is 1970 g/mol. The van der Waals surface area contributed by atoms with Crippen LogP contribution in [0.4, 0.5) is 19.2 Å². The van der Waals surface area contributed by atoms with Crippen molar-refractivity contribution in [2.45, 2.75) is 382 Å². The molecule has 5 aromatic carbocycles. The van der Waals surface area contributed by atoms with Crippen LogP contribution in [0.1, 0.15) is 323 Å². The molecule has 0 saturated heterocycles. The zero-order valence-corrected chi connectivity index (χ0v) is 89.2. The van der Waals surface area contributed by atoms with Crippen molar-refractivity contribution >= 4 is 82.2 Å². The summed E-state index contributed by atoms with van der Waals surface area (Å²) >= 11 is 0. The second-order valence-corrected chi connectivity index (χ2v) is 45.8. The van der Waals surface area contributed by atoms with Crippen molar-refractivity contribution in [1.82, 2.24) is 40.9 Å². The van der Waals surface area contributed by atoms with E-state index in [2.05, 4.69) is 174 Å². The van der Waals surface area contributed by atoms with Crippen LogP contribution in [-0.4, -0.2) is 196 Å². The summed E-state index contributed by atoms with van der Waals surface area (Å²) < 4.78 is 33.4. The Morgan fingerprint density at radius 1 is 0.364 bits per heavy atom. The number of amides is 9. The van der Waals surface area contributed by atoms with Gasteiger partial charge in [0.15, 0.2) is 0 Å². The quantitative estimate of drug-likeness (QED) is 0.0132. The molecule has 26 heteroatoms. The van der Waals surface area contributed by atoms with E-state index >= 15 is 0 Å². The minimum Gasteiger partial charge on any atom is -0.462 e. The molecule has 14 rings (SSSR count). The topological polar surface area (TPSA) is 339 Å². The van der Waals surface area contributed by atoms with Gasteiger partial charge in [-0.2, -0.15) is 0 Å². The second-order valence-electron chi connectivity index (χ2n) is 45.8. The number of primary amides is 1. The maximum Gasteiger partial charge on any atom is 0.408 e. The standard InChI is InChI=1S/C32H46N2O5.C32H42N2O4.C27H41N3O3.C26H37N3O4/c1-21(2)19-28-26-20-22-11-9-10-14-24(22)25(26)17-18-34(28)30(36)27(33-31(37)39-32(3,4)5)15-16-29(35)38-23-12-7-6-8-13-23;1-22(2)19-29-27-20-24-13-9-10-14-25(24)26(27)15-17-34(29)30(35)28(33-31(36)38-32(3,4)5)16-18-37-21-23-11-7-6-8-12-23;1-18(2)16-24-22-17-19-10-6-7-11-20(19)21(22)13-15-30(24)25(31)23(12-8-9-14-28)29-26(32)33-27(3,4)5;1-16(2)14-22-20-15-17-8-6-7-9-18(17)19(20)12-13-29(22)24(31)21(10-11-23(27)30)28-25(32)33-26(3,4)5/h9-11,14,21,23,27-28H,6-8,12-13,15-20H2,1-5H3,(H,33,37);6-14,22,28-29H,15-21H2,1-5H3,(H,33,36);6-7,10-11,18,23-24H,8-9,12-17,28H2,1-5H3,(H,29,32);6-9,16,21-22H,10-15H2,1-5H3,(H2,27,30)(H,28,32)/t27-,28?;28-,29?;23-,24?;21-,22?/m1111/s1. The van der Waals surface area contributed by atoms with Gasteiger partial charge in [-0.1, -0.05) is 189 Å². The fourth-order valence-corrected chi connectivity index (χ4v) is 21.6. The largest absolute Gasteiger partial charge is 0.462 e. The van der Waals surface area contributed by atoms with E-state index in [1.165, 1.54) is 95.5 Å². The third-order valence-corrected chi connectivity index (χ3v) is 27.6. The Bertz CT molecular complexity index is 5360. The van der Waals surface area contributed by atoms with Crippen LogP contribution in [0.2, 0.25) is 0 Å². The van der Waals surface area contributed by atoms with Gasteiger partial charge in [0.2, 0.25) is 29.5 Å². The highest BCUT2D eigenvalue weighted by Gasteiger charge is 2.46. The van der Waals surface area contributed by atoms with Crippen LogP contribution in [0.15, 0.2) is 150 Å². The smallest absolute Gasteiger partial charge is 0.408 e. The lowest BCUT2D eigenvalue weighted by Gasteiger charge is -2.40. The van der Waals surface area contributed by atoms with E-state index < -0.39 is 76.9 Å². The van der Waals surface area contributed by atoms with E-state index in [0.29, 0.717) is 82.5 Å². The molecule has 1 saturated carbocycles. The number of carbonyl (C=O) groups excluding carboxylic acids is 10. The number of unbranched alkanes of at least 4 members (excludes halogenated alkanes) is 1. The van der Waals surface area contributed by atoms with Gasteiger partial charge in [0.05, 0.1) is 30.8 Å². The molecule has 9 aliphatic rings. The lowest BCUT2D eigenvalue weighted by atomic mass is 9.87. The van der Waals surface area contributed by atoms with Crippen molar-refractivity contribution in [3.63, 3.8) is 0 Å². The number of carbonyl (C=O) groups is 10. The number of fused-ring (bicyclic) bond motifs is 8. The third kappa shape index (κ3) is 32.4. The molecule has 143 heavy (non-hydrogen) atoms. The molecule has 8 atom stereocenters. The summed E-state index contributed by atoms with van der Waals surface area (Å²) in [7, 11) is 0. The number of nitrogens with two attached hydrogens (primary N) is 2. The average Bonchev–Trinajstić information content (AvgIpc) is 1.63. The Morgan fingerprint density at radius 3 is 0.944 bits per heavy atom. The molecule has 0 aromatic heterocycles. The van der Waals surface area contributed by atoms with E-state index in [-0.39, 0.29) is 85.6 Å². The number of benzene rings is 5. The first kappa shape index (κ1) is 112. The highest BCUT2D eigenvalue weighted by atomic mass is 16.6. The Balaban J connectivity index is 0.000000182. The van der Waals surface area contributed by atoms with Crippen LogP contribution >= 0.6 is 0 Å². The molecule has 4 heterocycles. The summed E-state index contributed by atoms with van der Waals surface area (Å²) in [5.41, 5.74) is 31.0.